The van der Waals surface area contributed by atoms with Crippen molar-refractivity contribution in [2.75, 3.05) is 11.5 Å². The van der Waals surface area contributed by atoms with Crippen molar-refractivity contribution in [3.63, 3.8) is 0 Å². The van der Waals surface area contributed by atoms with Crippen LogP contribution in [0, 0.1) is 0 Å². The molecule has 47 heavy (non-hydrogen) atoms. The van der Waals surface area contributed by atoms with E-state index in [0.29, 0.717) is 12.1 Å². The SMILES string of the molecule is OCC(c1cccc(C(F)(F)F)c1)N(Cc1cccc(C(F)(F)C(F)(F)F)c1)c1cccc(OCc2cccc(OC(F)(F)F)c2)c1. The van der Waals surface area contributed by atoms with E-state index in [1.165, 1.54) is 53.4 Å². The van der Waals surface area contributed by atoms with Crippen molar-refractivity contribution in [2.45, 2.75) is 43.8 Å². The van der Waals surface area contributed by atoms with Gasteiger partial charge in [0.05, 0.1) is 18.2 Å². The summed E-state index contributed by atoms with van der Waals surface area (Å²) in [5, 5.41) is 10.4. The van der Waals surface area contributed by atoms with Crippen molar-refractivity contribution in [1.82, 2.24) is 0 Å². The molecule has 0 saturated carbocycles. The quantitative estimate of drug-likeness (QED) is 0.161. The molecule has 0 radical (unpaired) electrons. The summed E-state index contributed by atoms with van der Waals surface area (Å²) in [5.41, 5.74) is -2.13. The topological polar surface area (TPSA) is 41.9 Å². The number of halogens is 11. The molecule has 0 amide bonds. The monoisotopic (exact) mass is 679 g/mol. The molecule has 0 fully saturated rings. The second-order valence-corrected chi connectivity index (χ2v) is 10.2. The zero-order valence-corrected chi connectivity index (χ0v) is 23.8. The van der Waals surface area contributed by atoms with Crippen LogP contribution in [0.1, 0.15) is 33.9 Å². The minimum Gasteiger partial charge on any atom is -0.489 e. The predicted octanol–water partition coefficient (Wildman–Crippen LogP) is 9.58. The summed E-state index contributed by atoms with van der Waals surface area (Å²) in [6.45, 7) is -1.52. The van der Waals surface area contributed by atoms with E-state index in [1.807, 2.05) is 0 Å². The van der Waals surface area contributed by atoms with E-state index in [-0.39, 0.29) is 34.7 Å². The van der Waals surface area contributed by atoms with E-state index < -0.39 is 60.7 Å². The van der Waals surface area contributed by atoms with E-state index >= 15 is 0 Å². The normalized spacial score (nSPS) is 13.3. The Balaban J connectivity index is 1.71. The zero-order chi connectivity index (χ0) is 34.6. The number of anilines is 1. The lowest BCUT2D eigenvalue weighted by Gasteiger charge is -2.34. The van der Waals surface area contributed by atoms with Crippen LogP contribution in [0.25, 0.3) is 0 Å². The Bertz CT molecular complexity index is 1650. The highest BCUT2D eigenvalue weighted by Gasteiger charge is 2.58. The smallest absolute Gasteiger partial charge is 0.489 e. The Morgan fingerprint density at radius 2 is 1.26 bits per heavy atom. The molecule has 1 unspecified atom stereocenters. The number of aliphatic hydroxyl groups is 1. The molecule has 0 aliphatic carbocycles. The molecular weight excluding hydrogens is 655 g/mol. The molecule has 1 atom stereocenters. The van der Waals surface area contributed by atoms with E-state index in [0.717, 1.165) is 36.4 Å². The molecule has 4 aromatic carbocycles. The maximum absolute atomic E-state index is 14.2. The van der Waals surface area contributed by atoms with Crippen molar-refractivity contribution in [2.24, 2.45) is 0 Å². The molecular formula is C32H24F11NO3. The molecule has 4 aromatic rings. The third-order valence-electron chi connectivity index (χ3n) is 6.83. The standard InChI is InChI=1S/C32H24F11NO3/c33-29(34,31(38,39)40)23-8-1-5-20(13-23)17-44(28(18-45)22-7-3-9-24(15-22)30(35,36)37)25-10-4-11-26(16-25)46-19-21-6-2-12-27(14-21)47-32(41,42)43/h1-16,28,45H,17-19H2. The van der Waals surface area contributed by atoms with Crippen LogP contribution in [0.2, 0.25) is 0 Å². The maximum atomic E-state index is 14.2. The molecule has 4 rings (SSSR count). The van der Waals surface area contributed by atoms with Crippen molar-refractivity contribution in [3.05, 3.63) is 125 Å². The van der Waals surface area contributed by atoms with Gasteiger partial charge in [-0.05, 0) is 59.2 Å². The Morgan fingerprint density at radius 3 is 1.91 bits per heavy atom. The summed E-state index contributed by atoms with van der Waals surface area (Å²) in [4.78, 5) is 1.30. The van der Waals surface area contributed by atoms with Gasteiger partial charge in [-0.25, -0.2) is 0 Å². The lowest BCUT2D eigenvalue weighted by atomic mass is 10.00. The van der Waals surface area contributed by atoms with Crippen molar-refractivity contribution >= 4 is 5.69 Å². The summed E-state index contributed by atoms with van der Waals surface area (Å²) in [6, 6.07) is 16.7. The van der Waals surface area contributed by atoms with Gasteiger partial charge in [0.25, 0.3) is 0 Å². The van der Waals surface area contributed by atoms with Crippen LogP contribution in [0.15, 0.2) is 97.1 Å². The first kappa shape index (κ1) is 35.3. The number of alkyl halides is 11. The fourth-order valence-corrected chi connectivity index (χ4v) is 4.66. The summed E-state index contributed by atoms with van der Waals surface area (Å²) in [6.07, 6.45) is -15.6. The molecule has 0 spiro atoms. The van der Waals surface area contributed by atoms with Crippen molar-refractivity contribution < 1.29 is 62.9 Å². The number of benzene rings is 4. The highest BCUT2D eigenvalue weighted by molar-refractivity contribution is 5.54. The van der Waals surface area contributed by atoms with Gasteiger partial charge in [0.2, 0.25) is 0 Å². The van der Waals surface area contributed by atoms with Crippen LogP contribution in [-0.4, -0.2) is 24.3 Å². The molecule has 0 saturated heterocycles. The third kappa shape index (κ3) is 9.05. The molecule has 0 aliphatic heterocycles. The molecule has 0 bridgehead atoms. The van der Waals surface area contributed by atoms with Crippen LogP contribution >= 0.6 is 0 Å². The Kier molecular flexibility index (Phi) is 10.3. The number of ether oxygens (including phenoxy) is 2. The first-order valence-electron chi connectivity index (χ1n) is 13.5. The van der Waals surface area contributed by atoms with Crippen LogP contribution in [0.5, 0.6) is 11.5 Å². The minimum atomic E-state index is -5.90. The van der Waals surface area contributed by atoms with Crippen LogP contribution in [0.3, 0.4) is 0 Å². The maximum Gasteiger partial charge on any atom is 0.573 e. The van der Waals surface area contributed by atoms with Gasteiger partial charge in [-0.1, -0.05) is 48.5 Å². The van der Waals surface area contributed by atoms with Crippen LogP contribution in [-0.2, 0) is 25.3 Å². The molecule has 0 aromatic heterocycles. The fourth-order valence-electron chi connectivity index (χ4n) is 4.66. The van der Waals surface area contributed by atoms with Gasteiger partial charge < -0.3 is 19.5 Å². The summed E-state index contributed by atoms with van der Waals surface area (Å²) in [7, 11) is 0. The van der Waals surface area contributed by atoms with E-state index in [1.54, 1.807) is 0 Å². The van der Waals surface area contributed by atoms with Gasteiger partial charge in [0.15, 0.2) is 0 Å². The minimum absolute atomic E-state index is 0.0492. The average molecular weight is 680 g/mol. The molecule has 4 nitrogen and oxygen atoms in total. The highest BCUT2D eigenvalue weighted by atomic mass is 19.4. The summed E-state index contributed by atoms with van der Waals surface area (Å²) < 4.78 is 156. The third-order valence-corrected chi connectivity index (χ3v) is 6.83. The lowest BCUT2D eigenvalue weighted by molar-refractivity contribution is -0.289. The predicted molar refractivity (Wildman–Crippen MR) is 148 cm³/mol. The fraction of sp³-hybridized carbons (Fsp3) is 0.250. The number of rotatable bonds is 11. The van der Waals surface area contributed by atoms with E-state index in [2.05, 4.69) is 4.74 Å². The Labute approximate surface area is 260 Å². The van der Waals surface area contributed by atoms with Gasteiger partial charge >= 0.3 is 24.6 Å². The lowest BCUT2D eigenvalue weighted by Crippen LogP contribution is -2.34. The Hall–Kier alpha value is -4.53. The van der Waals surface area contributed by atoms with Gasteiger partial charge in [0, 0.05) is 23.9 Å². The van der Waals surface area contributed by atoms with E-state index in [4.69, 9.17) is 4.74 Å². The molecule has 15 heteroatoms. The van der Waals surface area contributed by atoms with Gasteiger partial charge in [-0.3, -0.25) is 0 Å². The second kappa shape index (κ2) is 13.7. The van der Waals surface area contributed by atoms with Gasteiger partial charge in [-0.15, -0.1) is 13.2 Å². The van der Waals surface area contributed by atoms with Crippen LogP contribution < -0.4 is 14.4 Å². The number of hydrogen-bond donors (Lipinski definition) is 1. The molecule has 0 aliphatic rings. The average Bonchev–Trinajstić information content (AvgIpc) is 2.99. The largest absolute Gasteiger partial charge is 0.573 e. The van der Waals surface area contributed by atoms with Crippen molar-refractivity contribution in [3.8, 4) is 11.5 Å². The Morgan fingerprint density at radius 1 is 0.638 bits per heavy atom. The molecule has 0 heterocycles. The molecule has 1 N–H and O–H groups in total. The van der Waals surface area contributed by atoms with Crippen molar-refractivity contribution in [1.29, 1.82) is 0 Å². The highest BCUT2D eigenvalue weighted by Crippen LogP contribution is 2.44. The summed E-state index contributed by atoms with van der Waals surface area (Å²) >= 11 is 0. The van der Waals surface area contributed by atoms with Gasteiger partial charge in [-0.2, -0.15) is 35.1 Å². The first-order chi connectivity index (χ1) is 21.9. The number of aliphatic hydroxyl groups excluding tert-OH is 1. The zero-order valence-electron chi connectivity index (χ0n) is 23.8. The summed E-state index contributed by atoms with van der Waals surface area (Å²) in [5.74, 6) is -5.60. The van der Waals surface area contributed by atoms with Crippen LogP contribution in [0.4, 0.5) is 54.0 Å². The first-order valence-corrected chi connectivity index (χ1v) is 13.5. The van der Waals surface area contributed by atoms with E-state index in [9.17, 15) is 53.4 Å². The molecule has 252 valence electrons. The van der Waals surface area contributed by atoms with Gasteiger partial charge in [0.1, 0.15) is 18.1 Å². The number of nitrogens with zero attached hydrogens (tertiary/aromatic N) is 1. The second-order valence-electron chi connectivity index (χ2n) is 10.2. The number of hydrogen-bond acceptors (Lipinski definition) is 4.